The van der Waals surface area contributed by atoms with Gasteiger partial charge in [0.2, 0.25) is 16.7 Å². The van der Waals surface area contributed by atoms with E-state index in [1.807, 2.05) is 24.3 Å². The Kier molecular flexibility index (Phi) is 4.55. The maximum absolute atomic E-state index is 13.4. The molecule has 1 atom stereocenters. The Hall–Kier alpha value is -2.35. The van der Waals surface area contributed by atoms with E-state index >= 15 is 0 Å². The third kappa shape index (κ3) is 2.70. The van der Waals surface area contributed by atoms with Crippen molar-refractivity contribution in [1.29, 1.82) is 0 Å². The van der Waals surface area contributed by atoms with Crippen molar-refractivity contribution in [3.8, 4) is 0 Å². The number of amidine groups is 1. The third-order valence-electron chi connectivity index (χ3n) is 4.14. The lowest BCUT2D eigenvalue weighted by Gasteiger charge is -2.29. The highest BCUT2D eigenvalue weighted by atomic mass is 32.2. The molecule has 25 heavy (non-hydrogen) atoms. The number of hydrazone groups is 1. The fourth-order valence-corrected chi connectivity index (χ4v) is 4.44. The number of carbonyl (C=O) groups excluding carboxylic acids is 3. The first kappa shape index (κ1) is 17.5. The van der Waals surface area contributed by atoms with Gasteiger partial charge in [0.15, 0.2) is 5.17 Å². The maximum atomic E-state index is 13.4. The normalized spacial score (nSPS) is 21.6. The second-order valence-electron chi connectivity index (χ2n) is 5.99. The number of unbranched alkanes of at least 4 members (excludes halogenated alkanes) is 1. The first-order valence-electron chi connectivity index (χ1n) is 8.19. The molecular formula is C17H20N4O3S. The molecule has 0 saturated carbocycles. The molecule has 0 radical (unpaired) electrons. The molecule has 0 bridgehead atoms. The second kappa shape index (κ2) is 6.51. The molecular weight excluding hydrogens is 340 g/mol. The quantitative estimate of drug-likeness (QED) is 0.894. The predicted molar refractivity (Wildman–Crippen MR) is 96.7 cm³/mol. The summed E-state index contributed by atoms with van der Waals surface area (Å²) in [5.74, 6) is -0.854. The van der Waals surface area contributed by atoms with Crippen molar-refractivity contribution in [2.75, 3.05) is 11.4 Å². The summed E-state index contributed by atoms with van der Waals surface area (Å²) >= 11 is 1.11. The van der Waals surface area contributed by atoms with E-state index in [1.54, 1.807) is 4.90 Å². The summed E-state index contributed by atoms with van der Waals surface area (Å²) in [5, 5.41) is 8.25. The Labute approximate surface area is 150 Å². The van der Waals surface area contributed by atoms with E-state index in [4.69, 9.17) is 0 Å². The summed E-state index contributed by atoms with van der Waals surface area (Å²) in [7, 11) is 0. The maximum Gasteiger partial charge on any atom is 0.270 e. The van der Waals surface area contributed by atoms with Crippen LogP contribution in [0.2, 0.25) is 0 Å². The van der Waals surface area contributed by atoms with Gasteiger partial charge >= 0.3 is 0 Å². The summed E-state index contributed by atoms with van der Waals surface area (Å²) in [6.07, 6.45) is 1.82. The standard InChI is InChI=1S/C17H20N4O3S/c1-4-5-10-20-14-9-7-6-8-13(14)17(15(20)24)21(12(3)23)19-16(25-17)18-11(2)22/h6-9H,4-5,10H2,1-3H3,(H,18,19,22)/t17-/m0/s1. The number of hydrogen-bond acceptors (Lipinski definition) is 5. The van der Waals surface area contributed by atoms with Crippen LogP contribution in [0.3, 0.4) is 0 Å². The Morgan fingerprint density at radius 1 is 1.28 bits per heavy atom. The van der Waals surface area contributed by atoms with Crippen LogP contribution in [0.15, 0.2) is 29.4 Å². The predicted octanol–water partition coefficient (Wildman–Crippen LogP) is 1.99. The number of anilines is 1. The largest absolute Gasteiger partial charge is 0.309 e. The van der Waals surface area contributed by atoms with E-state index in [0.29, 0.717) is 6.54 Å². The van der Waals surface area contributed by atoms with Gasteiger partial charge in [0.25, 0.3) is 5.91 Å². The number of amides is 3. The fourth-order valence-electron chi connectivity index (χ4n) is 3.10. The topological polar surface area (TPSA) is 82.1 Å². The summed E-state index contributed by atoms with van der Waals surface area (Å²) < 4.78 is 0. The van der Waals surface area contributed by atoms with Crippen LogP contribution in [-0.2, 0) is 19.3 Å². The van der Waals surface area contributed by atoms with Gasteiger partial charge in [0.1, 0.15) is 0 Å². The molecule has 0 saturated heterocycles. The van der Waals surface area contributed by atoms with Crippen molar-refractivity contribution < 1.29 is 14.4 Å². The van der Waals surface area contributed by atoms with Crippen LogP contribution in [0.4, 0.5) is 5.69 Å². The molecule has 1 aromatic carbocycles. The van der Waals surface area contributed by atoms with E-state index in [-0.39, 0.29) is 22.9 Å². The minimum Gasteiger partial charge on any atom is -0.309 e. The molecule has 0 fully saturated rings. The fraction of sp³-hybridized carbons (Fsp3) is 0.412. The lowest BCUT2D eigenvalue weighted by atomic mass is 10.1. The number of para-hydroxylation sites is 1. The van der Waals surface area contributed by atoms with Crippen LogP contribution in [0.5, 0.6) is 0 Å². The summed E-state index contributed by atoms with van der Waals surface area (Å²) in [6, 6.07) is 7.44. The van der Waals surface area contributed by atoms with Gasteiger partial charge < -0.3 is 10.2 Å². The summed E-state index contributed by atoms with van der Waals surface area (Å²) in [5.41, 5.74) is 1.51. The van der Waals surface area contributed by atoms with Crippen LogP contribution >= 0.6 is 11.8 Å². The Bertz CT molecular complexity index is 779. The molecule has 1 aromatic rings. The van der Waals surface area contributed by atoms with Crippen LogP contribution in [0.1, 0.15) is 39.2 Å². The molecule has 2 heterocycles. The molecule has 2 aliphatic heterocycles. The van der Waals surface area contributed by atoms with Crippen molar-refractivity contribution in [3.05, 3.63) is 29.8 Å². The van der Waals surface area contributed by atoms with Crippen molar-refractivity contribution in [2.24, 2.45) is 5.10 Å². The molecule has 2 aliphatic rings. The molecule has 1 spiro atoms. The molecule has 1 N–H and O–H groups in total. The highest BCUT2D eigenvalue weighted by molar-refractivity contribution is 8.15. The third-order valence-corrected chi connectivity index (χ3v) is 5.38. The summed E-state index contributed by atoms with van der Waals surface area (Å²) in [6.45, 7) is 5.37. The second-order valence-corrected chi connectivity index (χ2v) is 7.17. The van der Waals surface area contributed by atoms with Gasteiger partial charge in [-0.2, -0.15) is 5.01 Å². The van der Waals surface area contributed by atoms with Gasteiger partial charge in [0.05, 0.1) is 5.69 Å². The van der Waals surface area contributed by atoms with Gasteiger partial charge in [-0.1, -0.05) is 31.5 Å². The molecule has 0 aromatic heterocycles. The van der Waals surface area contributed by atoms with Crippen LogP contribution < -0.4 is 10.2 Å². The number of rotatable bonds is 3. The van der Waals surface area contributed by atoms with Gasteiger partial charge in [-0.3, -0.25) is 14.4 Å². The average molecular weight is 360 g/mol. The minimum absolute atomic E-state index is 0.202. The van der Waals surface area contributed by atoms with Gasteiger partial charge in [-0.05, 0) is 24.2 Å². The zero-order valence-corrected chi connectivity index (χ0v) is 15.2. The number of benzene rings is 1. The van der Waals surface area contributed by atoms with Gasteiger partial charge in [-0.25, -0.2) is 0 Å². The molecule has 0 unspecified atom stereocenters. The molecule has 3 amide bonds. The van der Waals surface area contributed by atoms with Crippen molar-refractivity contribution in [3.63, 3.8) is 0 Å². The Balaban J connectivity index is 2.09. The number of thioether (sulfide) groups is 1. The average Bonchev–Trinajstić information content (AvgIpc) is 3.04. The molecule has 7 nitrogen and oxygen atoms in total. The van der Waals surface area contributed by atoms with E-state index in [9.17, 15) is 14.4 Å². The molecule has 8 heteroatoms. The highest BCUT2D eigenvalue weighted by Crippen LogP contribution is 2.54. The van der Waals surface area contributed by atoms with Crippen molar-refractivity contribution >= 4 is 40.3 Å². The molecule has 3 rings (SSSR count). The minimum atomic E-state index is -1.28. The Morgan fingerprint density at radius 3 is 2.64 bits per heavy atom. The monoisotopic (exact) mass is 360 g/mol. The number of carbonyl (C=O) groups is 3. The van der Waals surface area contributed by atoms with Gasteiger partial charge in [0, 0.05) is 26.0 Å². The SMILES string of the molecule is CCCCN1C(=O)[C@@]2(SC(NC(C)=O)=NN2C(C)=O)c2ccccc21. The van der Waals surface area contributed by atoms with E-state index in [1.165, 1.54) is 18.9 Å². The Morgan fingerprint density at radius 2 is 2.00 bits per heavy atom. The number of nitrogens with one attached hydrogen (secondary N) is 1. The number of nitrogens with zero attached hydrogens (tertiary/aromatic N) is 3. The smallest absolute Gasteiger partial charge is 0.270 e. The summed E-state index contributed by atoms with van der Waals surface area (Å²) in [4.78, 5) is 37.4. The number of fused-ring (bicyclic) bond motifs is 2. The van der Waals surface area contributed by atoms with Crippen LogP contribution in [-0.4, -0.2) is 34.4 Å². The van der Waals surface area contributed by atoms with Crippen molar-refractivity contribution in [2.45, 2.75) is 38.5 Å². The van der Waals surface area contributed by atoms with Crippen molar-refractivity contribution in [1.82, 2.24) is 10.3 Å². The zero-order valence-electron chi connectivity index (χ0n) is 14.4. The van der Waals surface area contributed by atoms with E-state index < -0.39 is 4.87 Å². The van der Waals surface area contributed by atoms with E-state index in [2.05, 4.69) is 17.3 Å². The number of hydrogen-bond donors (Lipinski definition) is 1. The van der Waals surface area contributed by atoms with Crippen LogP contribution in [0.25, 0.3) is 0 Å². The highest BCUT2D eigenvalue weighted by Gasteiger charge is 2.60. The molecule has 0 aliphatic carbocycles. The van der Waals surface area contributed by atoms with Crippen LogP contribution in [0, 0.1) is 0 Å². The molecule has 132 valence electrons. The lowest BCUT2D eigenvalue weighted by molar-refractivity contribution is -0.139. The lowest BCUT2D eigenvalue weighted by Crippen LogP contribution is -2.48. The first-order chi connectivity index (χ1) is 11.9. The first-order valence-corrected chi connectivity index (χ1v) is 9.01. The zero-order chi connectivity index (χ0) is 18.2. The van der Waals surface area contributed by atoms with Gasteiger partial charge in [-0.15, -0.1) is 5.10 Å². The van der Waals surface area contributed by atoms with E-state index in [0.717, 1.165) is 35.9 Å².